The first kappa shape index (κ1) is 17.3. The largest absolute Gasteiger partial charge is 0.416 e. The minimum Gasteiger partial charge on any atom is -0.365 e. The van der Waals surface area contributed by atoms with Crippen molar-refractivity contribution in [2.45, 2.75) is 51.4 Å². The number of aliphatic hydroxyl groups excluding tert-OH is 1. The standard InChI is InChI=1S/C19H20F3N3O/c1-11-10-25-15-8-7-13(19(20,21)22)9-14(15)16(12-5-3-2-4-6-12)24-18(26)17(25)23-11/h7-10,12,18,26H,2-6H2,1H3. The van der Waals surface area contributed by atoms with Gasteiger partial charge in [-0.2, -0.15) is 13.2 Å². The molecule has 1 fully saturated rings. The molecule has 138 valence electrons. The van der Waals surface area contributed by atoms with Crippen LogP contribution < -0.4 is 0 Å². The molecule has 1 unspecified atom stereocenters. The average Bonchev–Trinajstić information content (AvgIpc) is 2.96. The van der Waals surface area contributed by atoms with Gasteiger partial charge in [-0.15, -0.1) is 0 Å². The van der Waals surface area contributed by atoms with E-state index in [0.29, 0.717) is 28.5 Å². The van der Waals surface area contributed by atoms with Crippen LogP contribution in [0.3, 0.4) is 0 Å². The minimum atomic E-state index is -4.43. The number of hydrogen-bond acceptors (Lipinski definition) is 3. The molecule has 0 amide bonds. The highest BCUT2D eigenvalue weighted by Crippen LogP contribution is 2.37. The van der Waals surface area contributed by atoms with Crippen LogP contribution in [0.5, 0.6) is 0 Å². The molecule has 26 heavy (non-hydrogen) atoms. The zero-order valence-corrected chi connectivity index (χ0v) is 14.4. The Bertz CT molecular complexity index is 863. The Morgan fingerprint density at radius 2 is 1.88 bits per heavy atom. The zero-order valence-electron chi connectivity index (χ0n) is 14.4. The fraction of sp³-hybridized carbons (Fsp3) is 0.474. The lowest BCUT2D eigenvalue weighted by Crippen LogP contribution is -2.21. The summed E-state index contributed by atoms with van der Waals surface area (Å²) >= 11 is 0. The summed E-state index contributed by atoms with van der Waals surface area (Å²) in [5.74, 6) is 0.403. The van der Waals surface area contributed by atoms with Crippen LogP contribution in [0.15, 0.2) is 29.4 Å². The van der Waals surface area contributed by atoms with Crippen molar-refractivity contribution >= 4 is 5.71 Å². The first-order chi connectivity index (χ1) is 12.3. The molecule has 0 saturated heterocycles. The Morgan fingerprint density at radius 3 is 2.58 bits per heavy atom. The number of aliphatic hydroxyl groups is 1. The lowest BCUT2D eigenvalue weighted by Gasteiger charge is -2.25. The number of aryl methyl sites for hydroxylation is 1. The van der Waals surface area contributed by atoms with Crippen LogP contribution >= 0.6 is 0 Å². The van der Waals surface area contributed by atoms with Crippen molar-refractivity contribution in [3.8, 4) is 5.69 Å². The number of rotatable bonds is 1. The van der Waals surface area contributed by atoms with Crippen molar-refractivity contribution in [2.24, 2.45) is 10.9 Å². The number of hydrogen-bond donors (Lipinski definition) is 1. The van der Waals surface area contributed by atoms with Crippen LogP contribution in [-0.2, 0) is 6.18 Å². The van der Waals surface area contributed by atoms with Gasteiger partial charge >= 0.3 is 6.18 Å². The Balaban J connectivity index is 1.93. The monoisotopic (exact) mass is 363 g/mol. The second-order valence-corrected chi connectivity index (χ2v) is 7.06. The lowest BCUT2D eigenvalue weighted by atomic mass is 9.82. The summed E-state index contributed by atoms with van der Waals surface area (Å²) < 4.78 is 41.6. The predicted octanol–water partition coefficient (Wildman–Crippen LogP) is 4.57. The van der Waals surface area contributed by atoms with Crippen LogP contribution in [0.25, 0.3) is 5.69 Å². The Hall–Kier alpha value is -2.15. The summed E-state index contributed by atoms with van der Waals surface area (Å²) in [4.78, 5) is 8.77. The van der Waals surface area contributed by atoms with Crippen molar-refractivity contribution in [1.82, 2.24) is 9.55 Å². The van der Waals surface area contributed by atoms with E-state index >= 15 is 0 Å². The van der Waals surface area contributed by atoms with E-state index in [-0.39, 0.29) is 5.92 Å². The summed E-state index contributed by atoms with van der Waals surface area (Å²) in [6, 6.07) is 3.70. The van der Waals surface area contributed by atoms with E-state index in [1.54, 1.807) is 17.7 Å². The summed E-state index contributed by atoms with van der Waals surface area (Å²) in [5, 5.41) is 10.6. The number of alkyl halides is 3. The summed E-state index contributed by atoms with van der Waals surface area (Å²) in [7, 11) is 0. The topological polar surface area (TPSA) is 50.4 Å². The smallest absolute Gasteiger partial charge is 0.365 e. The molecule has 0 bridgehead atoms. The third kappa shape index (κ3) is 2.94. The maximum Gasteiger partial charge on any atom is 0.416 e. The molecule has 1 aromatic heterocycles. The number of halogens is 3. The Morgan fingerprint density at radius 1 is 1.15 bits per heavy atom. The van der Waals surface area contributed by atoms with Crippen molar-refractivity contribution < 1.29 is 18.3 Å². The van der Waals surface area contributed by atoms with Crippen LogP contribution in [-0.4, -0.2) is 20.4 Å². The normalized spacial score (nSPS) is 21.0. The maximum atomic E-state index is 13.3. The Kier molecular flexibility index (Phi) is 4.14. The van der Waals surface area contributed by atoms with Crippen molar-refractivity contribution in [3.05, 3.63) is 47.0 Å². The molecule has 0 spiro atoms. The highest BCUT2D eigenvalue weighted by Gasteiger charge is 2.34. The molecule has 0 radical (unpaired) electrons. The number of nitrogens with zero attached hydrogens (tertiary/aromatic N) is 3. The number of aromatic nitrogens is 2. The molecule has 4 rings (SSSR count). The first-order valence-electron chi connectivity index (χ1n) is 8.88. The highest BCUT2D eigenvalue weighted by molar-refractivity contribution is 6.05. The molecule has 1 aliphatic carbocycles. The van der Waals surface area contributed by atoms with Gasteiger partial charge in [0.15, 0.2) is 5.82 Å². The molecule has 1 aromatic carbocycles. The van der Waals surface area contributed by atoms with Crippen LogP contribution in [0.2, 0.25) is 0 Å². The first-order valence-corrected chi connectivity index (χ1v) is 8.88. The third-order valence-electron chi connectivity index (χ3n) is 5.20. The SMILES string of the molecule is Cc1cn2c(n1)C(O)N=C(C1CCCCC1)c1cc(C(F)(F)F)ccc1-2. The van der Waals surface area contributed by atoms with Crippen LogP contribution in [0.1, 0.15) is 61.0 Å². The quantitative estimate of drug-likeness (QED) is 0.807. The summed E-state index contributed by atoms with van der Waals surface area (Å²) in [5.41, 5.74) is 1.59. The zero-order chi connectivity index (χ0) is 18.5. The van der Waals surface area contributed by atoms with Gasteiger partial charge in [0, 0.05) is 17.7 Å². The van der Waals surface area contributed by atoms with E-state index in [2.05, 4.69) is 9.98 Å². The lowest BCUT2D eigenvalue weighted by molar-refractivity contribution is -0.137. The maximum absolute atomic E-state index is 13.3. The van der Waals surface area contributed by atoms with E-state index in [1.165, 1.54) is 12.1 Å². The van der Waals surface area contributed by atoms with Gasteiger partial charge < -0.3 is 5.11 Å². The average molecular weight is 363 g/mol. The number of aliphatic imine (C=N–C) groups is 1. The van der Waals surface area contributed by atoms with Gasteiger partial charge in [-0.3, -0.25) is 4.57 Å². The van der Waals surface area contributed by atoms with Crippen molar-refractivity contribution in [2.75, 3.05) is 0 Å². The number of imidazole rings is 1. The highest BCUT2D eigenvalue weighted by atomic mass is 19.4. The second-order valence-electron chi connectivity index (χ2n) is 7.06. The number of fused-ring (bicyclic) bond motifs is 3. The molecule has 4 nitrogen and oxygen atoms in total. The van der Waals surface area contributed by atoms with Gasteiger partial charge in [-0.1, -0.05) is 19.3 Å². The summed E-state index contributed by atoms with van der Waals surface area (Å²) in [6.45, 7) is 1.78. The van der Waals surface area contributed by atoms with Gasteiger partial charge in [0.25, 0.3) is 0 Å². The molecule has 2 aliphatic rings. The molecule has 7 heteroatoms. The molecule has 2 heterocycles. The number of benzene rings is 1. The fourth-order valence-electron chi connectivity index (χ4n) is 3.98. The predicted molar refractivity (Wildman–Crippen MR) is 91.4 cm³/mol. The van der Waals surface area contributed by atoms with Crippen LogP contribution in [0, 0.1) is 12.8 Å². The molecule has 1 saturated carbocycles. The van der Waals surface area contributed by atoms with E-state index in [9.17, 15) is 18.3 Å². The van der Waals surface area contributed by atoms with Gasteiger partial charge in [-0.25, -0.2) is 9.98 Å². The second kappa shape index (κ2) is 6.23. The molecular weight excluding hydrogens is 343 g/mol. The third-order valence-corrected chi connectivity index (χ3v) is 5.20. The van der Waals surface area contributed by atoms with Gasteiger partial charge in [0.2, 0.25) is 6.23 Å². The summed E-state index contributed by atoms with van der Waals surface area (Å²) in [6.07, 6.45) is 1.06. The molecular formula is C19H20F3N3O. The molecule has 2 aromatic rings. The van der Waals surface area contributed by atoms with E-state index in [1.807, 2.05) is 0 Å². The molecule has 1 aliphatic heterocycles. The van der Waals surface area contributed by atoms with Gasteiger partial charge in [0.05, 0.1) is 22.7 Å². The van der Waals surface area contributed by atoms with Crippen molar-refractivity contribution in [3.63, 3.8) is 0 Å². The van der Waals surface area contributed by atoms with Gasteiger partial charge in [0.1, 0.15) is 0 Å². The minimum absolute atomic E-state index is 0.0614. The molecule has 1 atom stereocenters. The van der Waals surface area contributed by atoms with E-state index in [0.717, 1.165) is 38.2 Å². The van der Waals surface area contributed by atoms with Gasteiger partial charge in [-0.05, 0) is 38.0 Å². The van der Waals surface area contributed by atoms with E-state index < -0.39 is 18.0 Å². The fourth-order valence-corrected chi connectivity index (χ4v) is 3.98. The van der Waals surface area contributed by atoms with Crippen LogP contribution in [0.4, 0.5) is 13.2 Å². The van der Waals surface area contributed by atoms with E-state index in [4.69, 9.17) is 0 Å². The Labute approximate surface area is 149 Å². The van der Waals surface area contributed by atoms with Crippen molar-refractivity contribution in [1.29, 1.82) is 0 Å². The molecule has 1 N–H and O–H groups in total.